The minimum Gasteiger partial charge on any atom is -0.338 e. The molecule has 1 saturated heterocycles. The highest BCUT2D eigenvalue weighted by molar-refractivity contribution is 5.74. The molecule has 0 aromatic rings. The molecule has 2 fully saturated rings. The number of hydrogen-bond donors (Lipinski definition) is 3. The van der Waals surface area contributed by atoms with Crippen LogP contribution in [-0.4, -0.2) is 31.7 Å². The number of piperidine rings is 1. The molecule has 18 heavy (non-hydrogen) atoms. The van der Waals surface area contributed by atoms with E-state index in [0.717, 1.165) is 45.3 Å². The van der Waals surface area contributed by atoms with Crippen molar-refractivity contribution in [3.8, 4) is 0 Å². The number of amides is 2. The molecule has 1 saturated carbocycles. The quantitative estimate of drug-likeness (QED) is 0.720. The van der Waals surface area contributed by atoms with Crippen molar-refractivity contribution in [2.45, 2.75) is 57.9 Å². The van der Waals surface area contributed by atoms with E-state index in [0.29, 0.717) is 6.04 Å². The summed E-state index contributed by atoms with van der Waals surface area (Å²) in [6.07, 6.45) is 8.43. The van der Waals surface area contributed by atoms with Crippen molar-refractivity contribution < 1.29 is 4.79 Å². The number of carbonyl (C=O) groups is 1. The Morgan fingerprint density at radius 1 is 1.22 bits per heavy atom. The van der Waals surface area contributed by atoms with Gasteiger partial charge in [0.25, 0.3) is 0 Å². The largest absolute Gasteiger partial charge is 0.338 e. The van der Waals surface area contributed by atoms with Gasteiger partial charge in [0.05, 0.1) is 0 Å². The molecule has 104 valence electrons. The highest BCUT2D eigenvalue weighted by Gasteiger charge is 2.27. The molecule has 2 amide bonds. The second kappa shape index (κ2) is 6.41. The standard InChI is InChI=1S/C14H27N3O/c1-14(7-9-15-10-8-14)11-16-13(18)17-12-5-3-2-4-6-12/h12,15H,2-11H2,1H3,(H2,16,17,18). The Morgan fingerprint density at radius 3 is 2.56 bits per heavy atom. The molecule has 1 aliphatic carbocycles. The first-order valence-electron chi connectivity index (χ1n) is 7.43. The van der Waals surface area contributed by atoms with Gasteiger partial charge in [0.15, 0.2) is 0 Å². The lowest BCUT2D eigenvalue weighted by atomic mass is 9.81. The monoisotopic (exact) mass is 253 g/mol. The van der Waals surface area contributed by atoms with Crippen molar-refractivity contribution >= 4 is 6.03 Å². The van der Waals surface area contributed by atoms with Crippen LogP contribution in [0.5, 0.6) is 0 Å². The van der Waals surface area contributed by atoms with Crippen LogP contribution in [-0.2, 0) is 0 Å². The summed E-state index contributed by atoms with van der Waals surface area (Å²) >= 11 is 0. The molecule has 0 radical (unpaired) electrons. The maximum Gasteiger partial charge on any atom is 0.315 e. The average Bonchev–Trinajstić information content (AvgIpc) is 2.39. The summed E-state index contributed by atoms with van der Waals surface area (Å²) in [6.45, 7) is 5.22. The van der Waals surface area contributed by atoms with E-state index >= 15 is 0 Å². The fraction of sp³-hybridized carbons (Fsp3) is 0.929. The predicted octanol–water partition coefficient (Wildman–Crippen LogP) is 2.01. The summed E-state index contributed by atoms with van der Waals surface area (Å²) < 4.78 is 0. The molecule has 0 unspecified atom stereocenters. The second-order valence-electron chi connectivity index (χ2n) is 6.22. The Hall–Kier alpha value is -0.770. The maximum absolute atomic E-state index is 11.9. The fourth-order valence-electron chi connectivity index (χ4n) is 2.98. The molecule has 0 aromatic heterocycles. The van der Waals surface area contributed by atoms with Crippen LogP contribution in [0.4, 0.5) is 4.79 Å². The van der Waals surface area contributed by atoms with Crippen LogP contribution in [0.3, 0.4) is 0 Å². The SMILES string of the molecule is CC1(CNC(=O)NC2CCCCC2)CCNCC1. The summed E-state index contributed by atoms with van der Waals surface area (Å²) in [5, 5.41) is 9.54. The Labute approximate surface area is 110 Å². The van der Waals surface area contributed by atoms with E-state index in [1.165, 1.54) is 19.3 Å². The first-order valence-corrected chi connectivity index (χ1v) is 7.43. The van der Waals surface area contributed by atoms with Crippen LogP contribution in [0.25, 0.3) is 0 Å². The van der Waals surface area contributed by atoms with E-state index in [1.54, 1.807) is 0 Å². The molecule has 0 spiro atoms. The predicted molar refractivity (Wildman–Crippen MR) is 73.6 cm³/mol. The number of urea groups is 1. The third-order valence-electron chi connectivity index (χ3n) is 4.43. The zero-order valence-electron chi connectivity index (χ0n) is 11.6. The van der Waals surface area contributed by atoms with Crippen molar-refractivity contribution in [3.05, 3.63) is 0 Å². The molecule has 2 rings (SSSR count). The lowest BCUT2D eigenvalue weighted by Gasteiger charge is -2.34. The van der Waals surface area contributed by atoms with Gasteiger partial charge in [-0.15, -0.1) is 0 Å². The Kier molecular flexibility index (Phi) is 4.87. The van der Waals surface area contributed by atoms with Crippen LogP contribution in [0, 0.1) is 5.41 Å². The van der Waals surface area contributed by atoms with Crippen LogP contribution < -0.4 is 16.0 Å². The summed E-state index contributed by atoms with van der Waals surface area (Å²) in [7, 11) is 0. The molecule has 3 N–H and O–H groups in total. The van der Waals surface area contributed by atoms with Gasteiger partial charge in [-0.2, -0.15) is 0 Å². The molecule has 0 atom stereocenters. The molecule has 0 bridgehead atoms. The average molecular weight is 253 g/mol. The van der Waals surface area contributed by atoms with Gasteiger partial charge in [-0.1, -0.05) is 26.2 Å². The zero-order chi connectivity index (χ0) is 12.8. The molecule has 4 nitrogen and oxygen atoms in total. The van der Waals surface area contributed by atoms with Crippen LogP contribution >= 0.6 is 0 Å². The summed E-state index contributed by atoms with van der Waals surface area (Å²) in [5.74, 6) is 0. The van der Waals surface area contributed by atoms with E-state index in [1.807, 2.05) is 0 Å². The van der Waals surface area contributed by atoms with Gasteiger partial charge in [-0.05, 0) is 44.2 Å². The zero-order valence-corrected chi connectivity index (χ0v) is 11.6. The minimum atomic E-state index is 0.0293. The van der Waals surface area contributed by atoms with Crippen molar-refractivity contribution in [3.63, 3.8) is 0 Å². The lowest BCUT2D eigenvalue weighted by Crippen LogP contribution is -2.48. The van der Waals surface area contributed by atoms with Crippen molar-refractivity contribution in [1.29, 1.82) is 0 Å². The van der Waals surface area contributed by atoms with Crippen LogP contribution in [0.1, 0.15) is 51.9 Å². The summed E-state index contributed by atoms with van der Waals surface area (Å²) in [6, 6.07) is 0.432. The normalized spacial score (nSPS) is 24.5. The molecule has 0 aromatic carbocycles. The number of hydrogen-bond acceptors (Lipinski definition) is 2. The van der Waals surface area contributed by atoms with Crippen molar-refractivity contribution in [1.82, 2.24) is 16.0 Å². The van der Waals surface area contributed by atoms with Gasteiger partial charge in [-0.3, -0.25) is 0 Å². The summed E-state index contributed by atoms with van der Waals surface area (Å²) in [5.41, 5.74) is 0.273. The Bertz CT molecular complexity index is 268. The van der Waals surface area contributed by atoms with E-state index in [2.05, 4.69) is 22.9 Å². The number of nitrogens with one attached hydrogen (secondary N) is 3. The van der Waals surface area contributed by atoms with Crippen molar-refractivity contribution in [2.75, 3.05) is 19.6 Å². The number of carbonyl (C=O) groups excluding carboxylic acids is 1. The Balaban J connectivity index is 1.67. The maximum atomic E-state index is 11.9. The Morgan fingerprint density at radius 2 is 1.89 bits per heavy atom. The molecular weight excluding hydrogens is 226 g/mol. The third-order valence-corrected chi connectivity index (χ3v) is 4.43. The molecule has 1 heterocycles. The number of rotatable bonds is 3. The summed E-state index contributed by atoms with van der Waals surface area (Å²) in [4.78, 5) is 11.9. The van der Waals surface area contributed by atoms with Gasteiger partial charge < -0.3 is 16.0 Å². The van der Waals surface area contributed by atoms with E-state index < -0.39 is 0 Å². The van der Waals surface area contributed by atoms with Crippen LogP contribution in [0.2, 0.25) is 0 Å². The topological polar surface area (TPSA) is 53.2 Å². The highest BCUT2D eigenvalue weighted by atomic mass is 16.2. The molecular formula is C14H27N3O. The van der Waals surface area contributed by atoms with Gasteiger partial charge >= 0.3 is 6.03 Å². The van der Waals surface area contributed by atoms with Crippen molar-refractivity contribution in [2.24, 2.45) is 5.41 Å². The molecule has 1 aliphatic heterocycles. The highest BCUT2D eigenvalue weighted by Crippen LogP contribution is 2.26. The fourth-order valence-corrected chi connectivity index (χ4v) is 2.98. The second-order valence-corrected chi connectivity index (χ2v) is 6.22. The minimum absolute atomic E-state index is 0.0293. The first kappa shape index (κ1) is 13.7. The van der Waals surface area contributed by atoms with E-state index in [9.17, 15) is 4.79 Å². The molecule has 4 heteroatoms. The first-order chi connectivity index (χ1) is 8.68. The smallest absolute Gasteiger partial charge is 0.315 e. The van der Waals surface area contributed by atoms with Gasteiger partial charge in [0.2, 0.25) is 0 Å². The lowest BCUT2D eigenvalue weighted by molar-refractivity contribution is 0.203. The van der Waals surface area contributed by atoms with Gasteiger partial charge in [0, 0.05) is 12.6 Å². The van der Waals surface area contributed by atoms with Crippen LogP contribution in [0.15, 0.2) is 0 Å². The van der Waals surface area contributed by atoms with Gasteiger partial charge in [-0.25, -0.2) is 4.79 Å². The van der Waals surface area contributed by atoms with E-state index in [4.69, 9.17) is 0 Å². The third kappa shape index (κ3) is 4.16. The molecule has 2 aliphatic rings. The van der Waals surface area contributed by atoms with Gasteiger partial charge in [0.1, 0.15) is 0 Å². The van der Waals surface area contributed by atoms with E-state index in [-0.39, 0.29) is 11.4 Å².